The second-order valence-corrected chi connectivity index (χ2v) is 4.17. The molecule has 0 bridgehead atoms. The molecular formula is C11H16N2O2. The number of nitrogens with zero attached hydrogens (tertiary/aromatic N) is 1. The van der Waals surface area contributed by atoms with Crippen LogP contribution in [-0.2, 0) is 0 Å². The first-order valence-corrected chi connectivity index (χ1v) is 5.29. The average Bonchev–Trinajstić information content (AvgIpc) is 2.74. The highest BCUT2D eigenvalue weighted by Crippen LogP contribution is 2.18. The van der Waals surface area contributed by atoms with Gasteiger partial charge in [-0.05, 0) is 24.5 Å². The van der Waals surface area contributed by atoms with Crippen molar-refractivity contribution in [3.8, 4) is 0 Å². The topological polar surface area (TPSA) is 56.3 Å². The number of aliphatic hydroxyl groups is 1. The Labute approximate surface area is 88.9 Å². The molecule has 2 heterocycles. The minimum atomic E-state index is -0.391. The minimum absolute atomic E-state index is 0.0223. The fourth-order valence-corrected chi connectivity index (χ4v) is 1.87. The third kappa shape index (κ3) is 2.04. The molecule has 0 radical (unpaired) electrons. The fourth-order valence-electron chi connectivity index (χ4n) is 1.87. The molecule has 1 aliphatic rings. The standard InChI is InChI=1S/C11H16N2O2/c1-8-4-6-13(7-10(8)14)11(15)9-3-2-5-12-9/h2-3,5,8,10,12,14H,4,6-7H2,1H3. The number of aliphatic hydroxyl groups excluding tert-OH is 1. The molecule has 2 rings (SSSR count). The van der Waals surface area contributed by atoms with Gasteiger partial charge in [0.25, 0.3) is 5.91 Å². The highest BCUT2D eigenvalue weighted by atomic mass is 16.3. The van der Waals surface area contributed by atoms with E-state index in [2.05, 4.69) is 4.98 Å². The van der Waals surface area contributed by atoms with Crippen LogP contribution in [0.25, 0.3) is 0 Å². The van der Waals surface area contributed by atoms with Crippen LogP contribution in [0.1, 0.15) is 23.8 Å². The SMILES string of the molecule is CC1CCN(C(=O)c2ccc[nH]2)CC1O. The number of amides is 1. The van der Waals surface area contributed by atoms with Crippen LogP contribution in [0.5, 0.6) is 0 Å². The van der Waals surface area contributed by atoms with Crippen molar-refractivity contribution < 1.29 is 9.90 Å². The lowest BCUT2D eigenvalue weighted by atomic mass is 9.96. The average molecular weight is 208 g/mol. The largest absolute Gasteiger partial charge is 0.391 e. The van der Waals surface area contributed by atoms with Crippen LogP contribution >= 0.6 is 0 Å². The van der Waals surface area contributed by atoms with E-state index >= 15 is 0 Å². The molecule has 2 unspecified atom stereocenters. The molecule has 2 atom stereocenters. The molecule has 0 aliphatic carbocycles. The predicted molar refractivity (Wildman–Crippen MR) is 56.5 cm³/mol. The first kappa shape index (κ1) is 10.2. The van der Waals surface area contributed by atoms with Gasteiger partial charge in [0.15, 0.2) is 0 Å². The molecule has 0 saturated carbocycles. The molecule has 2 N–H and O–H groups in total. The number of nitrogens with one attached hydrogen (secondary N) is 1. The van der Waals surface area contributed by atoms with Crippen molar-refractivity contribution in [2.24, 2.45) is 5.92 Å². The van der Waals surface area contributed by atoms with E-state index < -0.39 is 6.10 Å². The Morgan fingerprint density at radius 2 is 2.47 bits per heavy atom. The van der Waals surface area contributed by atoms with Crippen LogP contribution in [0.2, 0.25) is 0 Å². The van der Waals surface area contributed by atoms with Crippen molar-refractivity contribution in [1.82, 2.24) is 9.88 Å². The Morgan fingerprint density at radius 3 is 3.07 bits per heavy atom. The number of piperidine rings is 1. The van der Waals surface area contributed by atoms with Gasteiger partial charge in [-0.15, -0.1) is 0 Å². The number of rotatable bonds is 1. The van der Waals surface area contributed by atoms with Crippen molar-refractivity contribution >= 4 is 5.91 Å². The molecule has 15 heavy (non-hydrogen) atoms. The number of hydrogen-bond donors (Lipinski definition) is 2. The normalized spacial score (nSPS) is 26.7. The Hall–Kier alpha value is -1.29. The summed E-state index contributed by atoms with van der Waals surface area (Å²) in [6.07, 6.45) is 2.21. The lowest BCUT2D eigenvalue weighted by molar-refractivity contribution is 0.0245. The number of H-pyrrole nitrogens is 1. The Kier molecular flexibility index (Phi) is 2.77. The van der Waals surface area contributed by atoms with Gasteiger partial charge < -0.3 is 15.0 Å². The Bertz CT molecular complexity index is 334. The minimum Gasteiger partial charge on any atom is -0.391 e. The van der Waals surface area contributed by atoms with E-state index in [4.69, 9.17) is 0 Å². The summed E-state index contributed by atoms with van der Waals surface area (Å²) in [4.78, 5) is 16.5. The second-order valence-electron chi connectivity index (χ2n) is 4.17. The van der Waals surface area contributed by atoms with Gasteiger partial charge in [0.2, 0.25) is 0 Å². The van der Waals surface area contributed by atoms with Crippen LogP contribution in [0, 0.1) is 5.92 Å². The van der Waals surface area contributed by atoms with E-state index in [0.717, 1.165) is 13.0 Å². The molecule has 1 aliphatic heterocycles. The summed E-state index contributed by atoms with van der Waals surface area (Å²) in [5.41, 5.74) is 0.594. The molecule has 1 saturated heterocycles. The van der Waals surface area contributed by atoms with E-state index in [0.29, 0.717) is 12.2 Å². The van der Waals surface area contributed by atoms with E-state index in [1.165, 1.54) is 0 Å². The maximum absolute atomic E-state index is 11.9. The number of hydrogen-bond acceptors (Lipinski definition) is 2. The molecule has 0 spiro atoms. The van der Waals surface area contributed by atoms with Crippen molar-refractivity contribution in [1.29, 1.82) is 0 Å². The van der Waals surface area contributed by atoms with Crippen LogP contribution in [0.15, 0.2) is 18.3 Å². The van der Waals surface area contributed by atoms with Crippen LogP contribution < -0.4 is 0 Å². The van der Waals surface area contributed by atoms with Crippen LogP contribution in [-0.4, -0.2) is 40.1 Å². The number of aromatic nitrogens is 1. The van der Waals surface area contributed by atoms with Gasteiger partial charge in [0.1, 0.15) is 5.69 Å². The quantitative estimate of drug-likeness (QED) is 0.719. The smallest absolute Gasteiger partial charge is 0.270 e. The van der Waals surface area contributed by atoms with Gasteiger partial charge in [0.05, 0.1) is 6.10 Å². The van der Waals surface area contributed by atoms with Gasteiger partial charge in [-0.25, -0.2) is 0 Å². The molecule has 1 aromatic rings. The van der Waals surface area contributed by atoms with Crippen molar-refractivity contribution in [2.75, 3.05) is 13.1 Å². The van der Waals surface area contributed by atoms with Crippen LogP contribution in [0.4, 0.5) is 0 Å². The van der Waals surface area contributed by atoms with Gasteiger partial charge >= 0.3 is 0 Å². The number of carbonyl (C=O) groups excluding carboxylic acids is 1. The summed E-state index contributed by atoms with van der Waals surface area (Å²) >= 11 is 0. The highest BCUT2D eigenvalue weighted by Gasteiger charge is 2.27. The van der Waals surface area contributed by atoms with Crippen molar-refractivity contribution in [3.05, 3.63) is 24.0 Å². The lowest BCUT2D eigenvalue weighted by Gasteiger charge is -2.34. The first-order chi connectivity index (χ1) is 7.18. The van der Waals surface area contributed by atoms with Gasteiger partial charge in [-0.1, -0.05) is 6.92 Å². The number of carbonyl (C=O) groups is 1. The van der Waals surface area contributed by atoms with E-state index in [1.807, 2.05) is 6.92 Å². The van der Waals surface area contributed by atoms with Crippen molar-refractivity contribution in [3.63, 3.8) is 0 Å². The van der Waals surface area contributed by atoms with Gasteiger partial charge in [-0.2, -0.15) is 0 Å². The summed E-state index contributed by atoms with van der Waals surface area (Å²) in [5, 5.41) is 9.69. The maximum Gasteiger partial charge on any atom is 0.270 e. The first-order valence-electron chi connectivity index (χ1n) is 5.29. The van der Waals surface area contributed by atoms with Gasteiger partial charge in [0, 0.05) is 19.3 Å². The highest BCUT2D eigenvalue weighted by molar-refractivity contribution is 5.92. The molecule has 82 valence electrons. The second kappa shape index (κ2) is 4.06. The Balaban J connectivity index is 2.03. The molecular weight excluding hydrogens is 192 g/mol. The number of likely N-dealkylation sites (tertiary alicyclic amines) is 1. The lowest BCUT2D eigenvalue weighted by Crippen LogP contribution is -2.45. The summed E-state index contributed by atoms with van der Waals surface area (Å²) in [5.74, 6) is 0.267. The number of β-amino-alcohol motifs (C(OH)–C–C–N with tert-alkyl or cyclic N) is 1. The predicted octanol–water partition coefficient (Wildman–Crippen LogP) is 0.858. The summed E-state index contributed by atoms with van der Waals surface area (Å²) in [6, 6.07) is 3.56. The molecule has 1 amide bonds. The molecule has 4 heteroatoms. The summed E-state index contributed by atoms with van der Waals surface area (Å²) in [6.45, 7) is 3.19. The third-order valence-corrected chi connectivity index (χ3v) is 3.03. The summed E-state index contributed by atoms with van der Waals surface area (Å²) < 4.78 is 0. The number of aromatic amines is 1. The molecule has 0 aromatic carbocycles. The van der Waals surface area contributed by atoms with E-state index in [1.54, 1.807) is 23.2 Å². The third-order valence-electron chi connectivity index (χ3n) is 3.03. The zero-order chi connectivity index (χ0) is 10.8. The monoisotopic (exact) mass is 208 g/mol. The zero-order valence-electron chi connectivity index (χ0n) is 8.81. The Morgan fingerprint density at radius 1 is 1.67 bits per heavy atom. The zero-order valence-corrected chi connectivity index (χ0v) is 8.81. The molecule has 1 fully saturated rings. The van der Waals surface area contributed by atoms with Crippen LogP contribution in [0.3, 0.4) is 0 Å². The summed E-state index contributed by atoms with van der Waals surface area (Å²) in [7, 11) is 0. The maximum atomic E-state index is 11.9. The van der Waals surface area contributed by atoms with Crippen molar-refractivity contribution in [2.45, 2.75) is 19.4 Å². The van der Waals surface area contributed by atoms with E-state index in [-0.39, 0.29) is 11.8 Å². The molecule has 4 nitrogen and oxygen atoms in total. The van der Waals surface area contributed by atoms with Gasteiger partial charge in [-0.3, -0.25) is 4.79 Å². The van der Waals surface area contributed by atoms with E-state index in [9.17, 15) is 9.90 Å². The fraction of sp³-hybridized carbons (Fsp3) is 0.545. The molecule has 1 aromatic heterocycles.